The van der Waals surface area contributed by atoms with Crippen LogP contribution < -0.4 is 0 Å². The van der Waals surface area contributed by atoms with Crippen LogP contribution in [0, 0.1) is 0 Å². The Labute approximate surface area is 317 Å². The summed E-state index contributed by atoms with van der Waals surface area (Å²) in [6.07, 6.45) is 0. The van der Waals surface area contributed by atoms with Gasteiger partial charge >= 0.3 is 0 Å². The molecule has 4 heteroatoms. The highest BCUT2D eigenvalue weighted by Gasteiger charge is 2.20. The van der Waals surface area contributed by atoms with E-state index >= 15 is 0 Å². The molecule has 0 bridgehead atoms. The maximum absolute atomic E-state index is 5.22. The molecule has 0 aliphatic heterocycles. The Hall–Kier alpha value is -7.43. The van der Waals surface area contributed by atoms with Crippen molar-refractivity contribution in [3.63, 3.8) is 0 Å². The minimum absolute atomic E-state index is 0.627. The first-order valence-corrected chi connectivity index (χ1v) is 18.6. The van der Waals surface area contributed by atoms with E-state index in [1.807, 2.05) is 18.2 Å². The monoisotopic (exact) mass is 700 g/mol. The Morgan fingerprint density at radius 1 is 0.309 bits per heavy atom. The molecule has 0 aliphatic carbocycles. The van der Waals surface area contributed by atoms with Crippen LogP contribution in [0.4, 0.5) is 0 Å². The smallest absolute Gasteiger partial charge is 0.164 e. The Kier molecular flexibility index (Phi) is 7.14. The van der Waals surface area contributed by atoms with Crippen molar-refractivity contribution < 1.29 is 0 Å². The van der Waals surface area contributed by atoms with Crippen molar-refractivity contribution in [2.75, 3.05) is 0 Å². The molecular weight excluding hydrogens is 669 g/mol. The minimum Gasteiger partial charge on any atom is -0.309 e. The normalized spacial score (nSPS) is 11.6. The topological polar surface area (TPSA) is 43.6 Å². The molecule has 0 aliphatic rings. The molecule has 256 valence electrons. The van der Waals surface area contributed by atoms with Gasteiger partial charge in [-0.25, -0.2) is 15.0 Å². The summed E-state index contributed by atoms with van der Waals surface area (Å²) in [5.74, 6) is 1.90. The van der Waals surface area contributed by atoms with E-state index < -0.39 is 0 Å². The van der Waals surface area contributed by atoms with Crippen LogP contribution in [0.2, 0.25) is 0 Å². The van der Waals surface area contributed by atoms with E-state index in [0.717, 1.165) is 38.9 Å². The Morgan fingerprint density at radius 3 is 1.65 bits per heavy atom. The van der Waals surface area contributed by atoms with Crippen LogP contribution in [0.1, 0.15) is 0 Å². The molecule has 0 amide bonds. The minimum atomic E-state index is 0.627. The second-order valence-corrected chi connectivity index (χ2v) is 14.1. The van der Waals surface area contributed by atoms with Crippen molar-refractivity contribution in [2.24, 2.45) is 0 Å². The predicted octanol–water partition coefficient (Wildman–Crippen LogP) is 13.1. The van der Waals surface area contributed by atoms with Crippen LogP contribution in [0.5, 0.6) is 0 Å². The van der Waals surface area contributed by atoms with Crippen LogP contribution in [0.25, 0.3) is 105 Å². The third kappa shape index (κ3) is 5.26. The fraction of sp³-hybridized carbons (Fsp3) is 0. The third-order valence-corrected chi connectivity index (χ3v) is 10.8. The highest BCUT2D eigenvalue weighted by atomic mass is 15.0. The summed E-state index contributed by atoms with van der Waals surface area (Å²) in [4.78, 5) is 15.5. The fourth-order valence-electron chi connectivity index (χ4n) is 8.14. The number of benzene rings is 9. The number of nitrogens with zero attached hydrogens (tertiary/aromatic N) is 4. The average molecular weight is 701 g/mol. The molecule has 11 aromatic rings. The van der Waals surface area contributed by atoms with Crippen molar-refractivity contribution >= 4 is 54.1 Å². The number of rotatable bonds is 5. The van der Waals surface area contributed by atoms with Crippen molar-refractivity contribution in [3.05, 3.63) is 194 Å². The van der Waals surface area contributed by atoms with E-state index in [0.29, 0.717) is 17.5 Å². The van der Waals surface area contributed by atoms with Gasteiger partial charge in [0.15, 0.2) is 17.5 Å². The molecule has 0 saturated heterocycles. The van der Waals surface area contributed by atoms with Crippen LogP contribution >= 0.6 is 0 Å². The number of hydrogen-bond donors (Lipinski definition) is 0. The van der Waals surface area contributed by atoms with Crippen molar-refractivity contribution in [2.45, 2.75) is 0 Å². The van der Waals surface area contributed by atoms with Gasteiger partial charge in [0.25, 0.3) is 0 Å². The van der Waals surface area contributed by atoms with E-state index in [1.165, 1.54) is 48.7 Å². The van der Waals surface area contributed by atoms with Crippen molar-refractivity contribution in [1.29, 1.82) is 0 Å². The van der Waals surface area contributed by atoms with Crippen LogP contribution in [0.3, 0.4) is 0 Å². The van der Waals surface area contributed by atoms with Crippen LogP contribution in [0.15, 0.2) is 194 Å². The predicted molar refractivity (Wildman–Crippen MR) is 228 cm³/mol. The molecule has 0 saturated carbocycles. The summed E-state index contributed by atoms with van der Waals surface area (Å²) in [6.45, 7) is 0. The highest BCUT2D eigenvalue weighted by Crippen LogP contribution is 2.41. The van der Waals surface area contributed by atoms with Gasteiger partial charge in [0.2, 0.25) is 0 Å². The zero-order valence-electron chi connectivity index (χ0n) is 29.8. The molecule has 0 atom stereocenters. The zero-order chi connectivity index (χ0) is 36.3. The van der Waals surface area contributed by atoms with Crippen molar-refractivity contribution in [3.8, 4) is 51.0 Å². The molecule has 0 fully saturated rings. The van der Waals surface area contributed by atoms with Gasteiger partial charge in [-0.2, -0.15) is 0 Å². The maximum atomic E-state index is 5.22. The fourth-order valence-corrected chi connectivity index (χ4v) is 8.14. The summed E-state index contributed by atoms with van der Waals surface area (Å²) in [5, 5.41) is 9.74. The largest absolute Gasteiger partial charge is 0.309 e. The second-order valence-electron chi connectivity index (χ2n) is 14.1. The number of fused-ring (bicyclic) bond motifs is 7. The molecule has 0 radical (unpaired) electrons. The SMILES string of the molecule is c1ccc(-c2nc(-c3ccc4ccccc4c3)nc(-c3ccc(-n4c5cc6ccccc6cc5c5c6ccccc6ccc54)cc3-c3ccccc3)n2)cc1. The van der Waals surface area contributed by atoms with Crippen LogP contribution in [-0.2, 0) is 0 Å². The molecule has 9 aromatic carbocycles. The third-order valence-electron chi connectivity index (χ3n) is 10.8. The standard InChI is InChI=1S/C51H32N4/c1-3-14-34(15-4-1)44-32-41(55-46-28-25-35-16-11-12-22-42(35)48(46)45-30-38-20-9-10-21-39(38)31-47(45)55)26-27-43(44)51-53-49(36-17-5-2-6-18-36)52-50(54-51)40-24-23-33-13-7-8-19-37(33)29-40/h1-32H. The molecule has 0 spiro atoms. The Bertz CT molecular complexity index is 3260. The van der Waals surface area contributed by atoms with E-state index in [9.17, 15) is 0 Å². The maximum Gasteiger partial charge on any atom is 0.164 e. The number of aromatic nitrogens is 4. The first-order chi connectivity index (χ1) is 27.2. The second kappa shape index (κ2) is 12.6. The lowest BCUT2D eigenvalue weighted by atomic mass is 9.98. The Morgan fingerprint density at radius 2 is 0.891 bits per heavy atom. The van der Waals surface area contributed by atoms with Crippen LogP contribution in [-0.4, -0.2) is 19.5 Å². The molecule has 4 nitrogen and oxygen atoms in total. The van der Waals surface area contributed by atoms with Gasteiger partial charge in [0, 0.05) is 33.2 Å². The number of hydrogen-bond acceptors (Lipinski definition) is 3. The summed E-state index contributed by atoms with van der Waals surface area (Å²) < 4.78 is 2.42. The lowest BCUT2D eigenvalue weighted by Crippen LogP contribution is -2.02. The van der Waals surface area contributed by atoms with Gasteiger partial charge in [-0.15, -0.1) is 0 Å². The summed E-state index contributed by atoms with van der Waals surface area (Å²) in [6, 6.07) is 68.8. The molecule has 55 heavy (non-hydrogen) atoms. The molecular formula is C51H32N4. The highest BCUT2D eigenvalue weighted by molar-refractivity contribution is 6.23. The lowest BCUT2D eigenvalue weighted by molar-refractivity contribution is 1.07. The molecule has 0 unspecified atom stereocenters. The van der Waals surface area contributed by atoms with Gasteiger partial charge < -0.3 is 4.57 Å². The molecule has 2 aromatic heterocycles. The molecule has 11 rings (SSSR count). The van der Waals surface area contributed by atoms with Gasteiger partial charge in [-0.05, 0) is 85.9 Å². The molecule has 0 N–H and O–H groups in total. The van der Waals surface area contributed by atoms with E-state index in [2.05, 4.69) is 180 Å². The zero-order valence-corrected chi connectivity index (χ0v) is 29.8. The molecule has 2 heterocycles. The van der Waals surface area contributed by atoms with Gasteiger partial charge in [-0.1, -0.05) is 152 Å². The summed E-state index contributed by atoms with van der Waals surface area (Å²) in [5.41, 5.74) is 8.36. The average Bonchev–Trinajstić information content (AvgIpc) is 3.59. The Balaban J connectivity index is 1.18. The van der Waals surface area contributed by atoms with E-state index in [4.69, 9.17) is 15.0 Å². The first-order valence-electron chi connectivity index (χ1n) is 18.6. The summed E-state index contributed by atoms with van der Waals surface area (Å²) >= 11 is 0. The summed E-state index contributed by atoms with van der Waals surface area (Å²) in [7, 11) is 0. The quantitative estimate of drug-likeness (QED) is 0.179. The van der Waals surface area contributed by atoms with Gasteiger partial charge in [-0.3, -0.25) is 0 Å². The lowest BCUT2D eigenvalue weighted by Gasteiger charge is -2.16. The van der Waals surface area contributed by atoms with Gasteiger partial charge in [0.1, 0.15) is 0 Å². The van der Waals surface area contributed by atoms with Gasteiger partial charge in [0.05, 0.1) is 11.0 Å². The van der Waals surface area contributed by atoms with E-state index in [-0.39, 0.29) is 0 Å². The first kappa shape index (κ1) is 31.1. The van der Waals surface area contributed by atoms with E-state index in [1.54, 1.807) is 0 Å². The van der Waals surface area contributed by atoms with Crippen molar-refractivity contribution in [1.82, 2.24) is 19.5 Å².